The molecule has 0 spiro atoms. The van der Waals surface area contributed by atoms with Gasteiger partial charge in [0.15, 0.2) is 0 Å². The Hall–Kier alpha value is -1.56. The van der Waals surface area contributed by atoms with Crippen molar-refractivity contribution >= 4 is 11.6 Å². The molecule has 1 aliphatic heterocycles. The Balaban J connectivity index is 2.16. The lowest BCUT2D eigenvalue weighted by molar-refractivity contribution is 0.0713. The van der Waals surface area contributed by atoms with Crippen LogP contribution in [0.4, 0.5) is 5.69 Å². The number of hydrogen-bond donors (Lipinski definition) is 2. The predicted molar refractivity (Wildman–Crippen MR) is 72.7 cm³/mol. The number of aryl methyl sites for hydroxylation is 1. The van der Waals surface area contributed by atoms with E-state index in [1.54, 1.807) is 4.68 Å². The van der Waals surface area contributed by atoms with Gasteiger partial charge in [0.05, 0.1) is 11.9 Å². The van der Waals surface area contributed by atoms with Crippen LogP contribution in [0.3, 0.4) is 0 Å². The second-order valence-electron chi connectivity index (χ2n) is 4.92. The van der Waals surface area contributed by atoms with Crippen molar-refractivity contribution in [3.05, 3.63) is 11.9 Å². The fourth-order valence-corrected chi connectivity index (χ4v) is 2.74. The van der Waals surface area contributed by atoms with Gasteiger partial charge in [-0.25, -0.2) is 0 Å². The Labute approximate surface area is 113 Å². The molecule has 6 heteroatoms. The number of amides is 1. The Kier molecular flexibility index (Phi) is 4.42. The highest BCUT2D eigenvalue weighted by Gasteiger charge is 2.31. The summed E-state index contributed by atoms with van der Waals surface area (Å²) >= 11 is 0. The van der Waals surface area contributed by atoms with E-state index in [9.17, 15) is 4.79 Å². The van der Waals surface area contributed by atoms with Gasteiger partial charge in [-0.15, -0.1) is 0 Å². The highest BCUT2D eigenvalue weighted by atomic mass is 16.3. The molecular weight excluding hydrogens is 244 g/mol. The molecule has 3 N–H and O–H groups in total. The molecule has 1 aliphatic rings. The first-order valence-corrected chi connectivity index (χ1v) is 6.92. The minimum atomic E-state index is -0.0303. The Bertz CT molecular complexity index is 444. The zero-order valence-corrected chi connectivity index (χ0v) is 11.4. The highest BCUT2D eigenvalue weighted by Crippen LogP contribution is 2.25. The minimum absolute atomic E-state index is 0.0303. The van der Waals surface area contributed by atoms with Crippen LogP contribution in [0.25, 0.3) is 0 Å². The molecule has 1 aromatic rings. The molecule has 0 aliphatic carbocycles. The van der Waals surface area contributed by atoms with Crippen molar-refractivity contribution in [1.29, 1.82) is 0 Å². The summed E-state index contributed by atoms with van der Waals surface area (Å²) in [5.74, 6) is -0.0303. The normalized spacial score (nSPS) is 19.1. The van der Waals surface area contributed by atoms with Gasteiger partial charge in [0.1, 0.15) is 5.69 Å². The van der Waals surface area contributed by atoms with Crippen LogP contribution in [0, 0.1) is 0 Å². The molecule has 1 saturated heterocycles. The predicted octanol–water partition coefficient (Wildman–Crippen LogP) is 0.862. The van der Waals surface area contributed by atoms with E-state index in [2.05, 4.69) is 5.10 Å². The minimum Gasteiger partial charge on any atom is -0.396 e. The monoisotopic (exact) mass is 266 g/mol. The van der Waals surface area contributed by atoms with Crippen LogP contribution in [-0.2, 0) is 6.54 Å². The number of aliphatic hydroxyl groups excluding tert-OH is 1. The van der Waals surface area contributed by atoms with Crippen molar-refractivity contribution in [2.75, 3.05) is 18.9 Å². The molecular formula is C13H22N4O2. The van der Waals surface area contributed by atoms with E-state index in [0.717, 1.165) is 32.2 Å². The van der Waals surface area contributed by atoms with E-state index in [4.69, 9.17) is 10.8 Å². The summed E-state index contributed by atoms with van der Waals surface area (Å²) in [6.45, 7) is 3.51. The smallest absolute Gasteiger partial charge is 0.274 e. The number of nitrogen functional groups attached to an aromatic ring is 1. The van der Waals surface area contributed by atoms with Crippen molar-refractivity contribution in [1.82, 2.24) is 14.7 Å². The lowest BCUT2D eigenvalue weighted by Gasteiger charge is -2.25. The number of carbonyl (C=O) groups is 1. The third kappa shape index (κ3) is 2.73. The van der Waals surface area contributed by atoms with Crippen molar-refractivity contribution in [3.63, 3.8) is 0 Å². The summed E-state index contributed by atoms with van der Waals surface area (Å²) in [5, 5.41) is 13.0. The summed E-state index contributed by atoms with van der Waals surface area (Å²) in [6.07, 6.45) is 5.14. The standard InChI is InChI=1S/C13H22N4O2/c1-2-17-12(11(14)9-15-17)13(19)16-7-3-5-10(16)6-4-8-18/h9-10,18H,2-8,14H2,1H3. The average Bonchev–Trinajstić information content (AvgIpc) is 3.01. The van der Waals surface area contributed by atoms with Gasteiger partial charge in [-0.3, -0.25) is 9.48 Å². The molecule has 2 heterocycles. The number of aromatic nitrogens is 2. The van der Waals surface area contributed by atoms with Gasteiger partial charge in [-0.2, -0.15) is 5.10 Å². The van der Waals surface area contributed by atoms with Gasteiger partial charge in [0.2, 0.25) is 0 Å². The number of carbonyl (C=O) groups excluding carboxylic acids is 1. The first kappa shape index (κ1) is 13.9. The molecule has 0 bridgehead atoms. The zero-order valence-electron chi connectivity index (χ0n) is 11.4. The number of nitrogens with two attached hydrogens (primary N) is 1. The molecule has 1 unspecified atom stereocenters. The zero-order chi connectivity index (χ0) is 13.8. The van der Waals surface area contributed by atoms with Crippen LogP contribution in [0.15, 0.2) is 6.20 Å². The summed E-state index contributed by atoms with van der Waals surface area (Å²) in [7, 11) is 0. The molecule has 106 valence electrons. The van der Waals surface area contributed by atoms with E-state index in [-0.39, 0.29) is 18.6 Å². The molecule has 19 heavy (non-hydrogen) atoms. The van der Waals surface area contributed by atoms with E-state index in [1.807, 2.05) is 11.8 Å². The molecule has 1 atom stereocenters. The van der Waals surface area contributed by atoms with Crippen molar-refractivity contribution < 1.29 is 9.90 Å². The number of anilines is 1. The van der Waals surface area contributed by atoms with E-state index >= 15 is 0 Å². The van der Waals surface area contributed by atoms with Gasteiger partial charge in [0.25, 0.3) is 5.91 Å². The molecule has 0 saturated carbocycles. The van der Waals surface area contributed by atoms with Gasteiger partial charge in [-0.05, 0) is 32.6 Å². The number of nitrogens with zero attached hydrogens (tertiary/aromatic N) is 3. The number of rotatable bonds is 5. The lowest BCUT2D eigenvalue weighted by atomic mass is 10.1. The lowest BCUT2D eigenvalue weighted by Crippen LogP contribution is -2.37. The van der Waals surface area contributed by atoms with Crippen LogP contribution in [0.5, 0.6) is 0 Å². The van der Waals surface area contributed by atoms with Crippen LogP contribution in [0.2, 0.25) is 0 Å². The fourth-order valence-electron chi connectivity index (χ4n) is 2.74. The number of hydrogen-bond acceptors (Lipinski definition) is 4. The summed E-state index contributed by atoms with van der Waals surface area (Å²) in [6, 6.07) is 0.222. The van der Waals surface area contributed by atoms with Crippen LogP contribution >= 0.6 is 0 Å². The SMILES string of the molecule is CCn1ncc(N)c1C(=O)N1CCCC1CCCO. The first-order chi connectivity index (χ1) is 9.19. The van der Waals surface area contributed by atoms with Crippen molar-refractivity contribution in [2.45, 2.75) is 45.2 Å². The molecule has 6 nitrogen and oxygen atoms in total. The fraction of sp³-hybridized carbons (Fsp3) is 0.692. The molecule has 1 amide bonds. The quantitative estimate of drug-likeness (QED) is 0.828. The summed E-state index contributed by atoms with van der Waals surface area (Å²) < 4.78 is 1.65. The summed E-state index contributed by atoms with van der Waals surface area (Å²) in [5.41, 5.74) is 6.80. The summed E-state index contributed by atoms with van der Waals surface area (Å²) in [4.78, 5) is 14.5. The van der Waals surface area contributed by atoms with Gasteiger partial charge in [0, 0.05) is 25.7 Å². The molecule has 0 radical (unpaired) electrons. The van der Waals surface area contributed by atoms with Gasteiger partial charge < -0.3 is 15.7 Å². The van der Waals surface area contributed by atoms with Crippen LogP contribution in [0.1, 0.15) is 43.1 Å². The van der Waals surface area contributed by atoms with Crippen LogP contribution in [-0.4, -0.2) is 44.9 Å². The van der Waals surface area contributed by atoms with E-state index in [1.165, 1.54) is 6.20 Å². The topological polar surface area (TPSA) is 84.4 Å². The third-order valence-corrected chi connectivity index (χ3v) is 3.70. The van der Waals surface area contributed by atoms with Crippen molar-refractivity contribution in [3.8, 4) is 0 Å². The maximum Gasteiger partial charge on any atom is 0.274 e. The maximum absolute atomic E-state index is 12.6. The van der Waals surface area contributed by atoms with Gasteiger partial charge in [-0.1, -0.05) is 0 Å². The molecule has 1 aromatic heterocycles. The number of aliphatic hydroxyl groups is 1. The molecule has 2 rings (SSSR count). The first-order valence-electron chi connectivity index (χ1n) is 6.92. The molecule has 1 fully saturated rings. The second-order valence-corrected chi connectivity index (χ2v) is 4.92. The number of likely N-dealkylation sites (tertiary alicyclic amines) is 1. The van der Waals surface area contributed by atoms with E-state index < -0.39 is 0 Å². The van der Waals surface area contributed by atoms with E-state index in [0.29, 0.717) is 17.9 Å². The Morgan fingerprint density at radius 3 is 3.11 bits per heavy atom. The average molecular weight is 266 g/mol. The third-order valence-electron chi connectivity index (χ3n) is 3.70. The largest absolute Gasteiger partial charge is 0.396 e. The Morgan fingerprint density at radius 2 is 2.42 bits per heavy atom. The molecule has 0 aromatic carbocycles. The van der Waals surface area contributed by atoms with Crippen LogP contribution < -0.4 is 5.73 Å². The van der Waals surface area contributed by atoms with Crippen molar-refractivity contribution in [2.24, 2.45) is 0 Å². The second kappa shape index (κ2) is 6.06. The van der Waals surface area contributed by atoms with Gasteiger partial charge >= 0.3 is 0 Å². The maximum atomic E-state index is 12.6. The Morgan fingerprint density at radius 1 is 1.63 bits per heavy atom. The highest BCUT2D eigenvalue weighted by molar-refractivity contribution is 5.97.